The Kier molecular flexibility index (Phi) is 7.15. The summed E-state index contributed by atoms with van der Waals surface area (Å²) in [5, 5.41) is 15.5. The maximum Gasteiger partial charge on any atom is 0.243 e. The molecule has 1 amide bonds. The van der Waals surface area contributed by atoms with Crippen molar-refractivity contribution >= 4 is 28.9 Å². The summed E-state index contributed by atoms with van der Waals surface area (Å²) in [6, 6.07) is 15.9. The molecular formula is C24H28ClN5O2. The van der Waals surface area contributed by atoms with Crippen molar-refractivity contribution in [3.05, 3.63) is 47.5 Å². The van der Waals surface area contributed by atoms with Gasteiger partial charge in [0, 0.05) is 68.2 Å². The van der Waals surface area contributed by atoms with E-state index in [1.807, 2.05) is 29.2 Å². The average Bonchev–Trinajstić information content (AvgIpc) is 3.28. The molecule has 2 aliphatic rings. The Morgan fingerprint density at radius 1 is 1.22 bits per heavy atom. The lowest BCUT2D eigenvalue weighted by Crippen LogP contribution is -2.43. The van der Waals surface area contributed by atoms with Crippen LogP contribution in [0.2, 0.25) is 5.02 Å². The summed E-state index contributed by atoms with van der Waals surface area (Å²) >= 11 is 6.57. The third-order valence-electron chi connectivity index (χ3n) is 6.18. The van der Waals surface area contributed by atoms with Crippen molar-refractivity contribution in [3.8, 4) is 17.2 Å². The summed E-state index contributed by atoms with van der Waals surface area (Å²) in [6.07, 6.45) is 0.524. The van der Waals surface area contributed by atoms with Gasteiger partial charge in [0.15, 0.2) is 0 Å². The molecule has 0 unspecified atom stereocenters. The maximum absolute atomic E-state index is 12.7. The molecule has 0 saturated carbocycles. The Balaban J connectivity index is 1.59. The Morgan fingerprint density at radius 3 is 2.62 bits per heavy atom. The summed E-state index contributed by atoms with van der Waals surface area (Å²) in [7, 11) is 1.66. The van der Waals surface area contributed by atoms with E-state index in [1.54, 1.807) is 7.11 Å². The number of nitrogens with zero attached hydrogens (tertiary/aromatic N) is 3. The predicted molar refractivity (Wildman–Crippen MR) is 127 cm³/mol. The quantitative estimate of drug-likeness (QED) is 0.654. The van der Waals surface area contributed by atoms with Gasteiger partial charge in [-0.25, -0.2) is 0 Å². The highest BCUT2D eigenvalue weighted by atomic mass is 35.5. The van der Waals surface area contributed by atoms with Crippen LogP contribution in [0.25, 0.3) is 11.1 Å². The van der Waals surface area contributed by atoms with Crippen LogP contribution < -0.4 is 20.4 Å². The molecule has 4 rings (SSSR count). The highest BCUT2D eigenvalue weighted by molar-refractivity contribution is 6.33. The number of hydrogen-bond acceptors (Lipinski definition) is 6. The molecule has 168 valence electrons. The minimum absolute atomic E-state index is 0.00782. The number of benzene rings is 2. The maximum atomic E-state index is 12.7. The largest absolute Gasteiger partial charge is 0.380 e. The first-order valence-corrected chi connectivity index (χ1v) is 11.3. The van der Waals surface area contributed by atoms with Gasteiger partial charge in [0.25, 0.3) is 0 Å². The lowest BCUT2D eigenvalue weighted by molar-refractivity contribution is -0.122. The Hall–Kier alpha value is -2.79. The van der Waals surface area contributed by atoms with E-state index in [9.17, 15) is 4.79 Å². The molecule has 2 heterocycles. The summed E-state index contributed by atoms with van der Waals surface area (Å²) in [5.74, 6) is -0.164. The highest BCUT2D eigenvalue weighted by Crippen LogP contribution is 2.35. The molecule has 0 bridgehead atoms. The second kappa shape index (κ2) is 10.2. The number of nitriles is 1. The molecule has 8 heteroatoms. The van der Waals surface area contributed by atoms with E-state index in [4.69, 9.17) is 21.6 Å². The van der Waals surface area contributed by atoms with E-state index >= 15 is 0 Å². The molecule has 32 heavy (non-hydrogen) atoms. The van der Waals surface area contributed by atoms with E-state index in [0.29, 0.717) is 18.0 Å². The van der Waals surface area contributed by atoms with Crippen LogP contribution in [0, 0.1) is 11.3 Å². The van der Waals surface area contributed by atoms with Crippen LogP contribution in [0.5, 0.6) is 0 Å². The average molecular weight is 454 g/mol. The lowest BCUT2D eigenvalue weighted by Gasteiger charge is -2.29. The third-order valence-corrected chi connectivity index (χ3v) is 6.51. The zero-order valence-electron chi connectivity index (χ0n) is 18.2. The van der Waals surface area contributed by atoms with Gasteiger partial charge in [0.05, 0.1) is 12.2 Å². The first kappa shape index (κ1) is 22.4. The number of amides is 1. The first-order chi connectivity index (χ1) is 15.6. The van der Waals surface area contributed by atoms with Gasteiger partial charge >= 0.3 is 0 Å². The number of anilines is 2. The predicted octanol–water partition coefficient (Wildman–Crippen LogP) is 2.65. The van der Waals surface area contributed by atoms with Crippen molar-refractivity contribution < 1.29 is 9.53 Å². The number of methoxy groups -OCH3 is 1. The standard InChI is InChI=1S/C24H28ClN5O2/c1-32-20-15-23(24(31)28-9-8-26)30(16-20)19-6-7-22(25)21(14-19)17-2-4-18(5-3-17)29-12-10-27-11-13-29/h2-7,14,20,23,27H,9-13,15-16H2,1H3,(H,28,31)/t20-,23-/m0/s1. The number of piperazine rings is 1. The fourth-order valence-electron chi connectivity index (χ4n) is 4.43. The van der Waals surface area contributed by atoms with Crippen LogP contribution in [0.15, 0.2) is 42.5 Å². The van der Waals surface area contributed by atoms with Crippen molar-refractivity contribution in [2.75, 3.05) is 56.2 Å². The third kappa shape index (κ3) is 4.83. The monoisotopic (exact) mass is 453 g/mol. The second-order valence-corrected chi connectivity index (χ2v) is 8.49. The number of halogens is 1. The van der Waals surface area contributed by atoms with Crippen LogP contribution >= 0.6 is 11.6 Å². The van der Waals surface area contributed by atoms with E-state index in [0.717, 1.165) is 43.0 Å². The van der Waals surface area contributed by atoms with Crippen molar-refractivity contribution in [1.82, 2.24) is 10.6 Å². The summed E-state index contributed by atoms with van der Waals surface area (Å²) in [5.41, 5.74) is 4.07. The molecule has 2 aromatic rings. The molecule has 2 aliphatic heterocycles. The van der Waals surface area contributed by atoms with Gasteiger partial charge in [-0.1, -0.05) is 23.7 Å². The van der Waals surface area contributed by atoms with Gasteiger partial charge < -0.3 is 25.2 Å². The van der Waals surface area contributed by atoms with Crippen LogP contribution in [0.3, 0.4) is 0 Å². The van der Waals surface area contributed by atoms with Crippen molar-refractivity contribution in [2.45, 2.75) is 18.6 Å². The van der Waals surface area contributed by atoms with E-state index < -0.39 is 6.04 Å². The summed E-state index contributed by atoms with van der Waals surface area (Å²) < 4.78 is 5.54. The number of ether oxygens (including phenoxy) is 1. The molecule has 0 spiro atoms. The van der Waals surface area contributed by atoms with Crippen molar-refractivity contribution in [3.63, 3.8) is 0 Å². The fourth-order valence-corrected chi connectivity index (χ4v) is 4.66. The van der Waals surface area contributed by atoms with Crippen molar-refractivity contribution in [1.29, 1.82) is 5.26 Å². The first-order valence-electron chi connectivity index (χ1n) is 10.9. The van der Waals surface area contributed by atoms with E-state index in [2.05, 4.69) is 39.8 Å². The number of carbonyl (C=O) groups excluding carboxylic acids is 1. The molecule has 2 aromatic carbocycles. The fraction of sp³-hybridized carbons (Fsp3) is 0.417. The number of carbonyl (C=O) groups is 1. The molecule has 2 N–H and O–H groups in total. The van der Waals surface area contributed by atoms with Gasteiger partial charge in [-0.2, -0.15) is 5.26 Å². The minimum Gasteiger partial charge on any atom is -0.380 e. The Morgan fingerprint density at radius 2 is 1.94 bits per heavy atom. The van der Waals surface area contributed by atoms with Crippen molar-refractivity contribution in [2.24, 2.45) is 0 Å². The molecule has 2 saturated heterocycles. The lowest BCUT2D eigenvalue weighted by atomic mass is 10.0. The smallest absolute Gasteiger partial charge is 0.243 e. The van der Waals surface area contributed by atoms with Gasteiger partial charge in [0.1, 0.15) is 12.6 Å². The normalized spacial score (nSPS) is 20.8. The molecule has 0 radical (unpaired) electrons. The minimum atomic E-state index is -0.391. The molecule has 0 aromatic heterocycles. The summed E-state index contributed by atoms with van der Waals surface area (Å²) in [6.45, 7) is 4.59. The highest BCUT2D eigenvalue weighted by Gasteiger charge is 2.37. The van der Waals surface area contributed by atoms with Crippen LogP contribution in [0.1, 0.15) is 6.42 Å². The molecule has 7 nitrogen and oxygen atoms in total. The Bertz CT molecular complexity index is 985. The number of rotatable bonds is 6. The second-order valence-electron chi connectivity index (χ2n) is 8.09. The summed E-state index contributed by atoms with van der Waals surface area (Å²) in [4.78, 5) is 17.1. The Labute approximate surface area is 193 Å². The van der Waals surface area contributed by atoms with E-state index in [1.165, 1.54) is 5.69 Å². The van der Waals surface area contributed by atoms with Crippen LogP contribution in [-0.2, 0) is 9.53 Å². The SMILES string of the molecule is CO[C@H]1C[C@@H](C(=O)NCC#N)N(c2ccc(Cl)c(-c3ccc(N4CCNCC4)cc3)c2)C1. The number of nitrogens with one attached hydrogen (secondary N) is 2. The molecule has 2 fully saturated rings. The topological polar surface area (TPSA) is 80.6 Å². The zero-order chi connectivity index (χ0) is 22.5. The van der Waals surface area contributed by atoms with Gasteiger partial charge in [0.2, 0.25) is 5.91 Å². The number of hydrogen-bond donors (Lipinski definition) is 2. The van der Waals surface area contributed by atoms with Crippen LogP contribution in [0.4, 0.5) is 11.4 Å². The molecular weight excluding hydrogens is 426 g/mol. The van der Waals surface area contributed by atoms with Gasteiger partial charge in [-0.15, -0.1) is 0 Å². The zero-order valence-corrected chi connectivity index (χ0v) is 18.9. The van der Waals surface area contributed by atoms with Crippen LogP contribution in [-0.4, -0.2) is 64.4 Å². The van der Waals surface area contributed by atoms with Gasteiger partial charge in [-0.05, 0) is 35.9 Å². The molecule has 0 aliphatic carbocycles. The van der Waals surface area contributed by atoms with E-state index in [-0.39, 0.29) is 18.6 Å². The molecule has 2 atom stereocenters. The van der Waals surface area contributed by atoms with Gasteiger partial charge in [-0.3, -0.25) is 4.79 Å².